The minimum atomic E-state index is -3.33. The van der Waals surface area contributed by atoms with Crippen LogP contribution in [0.15, 0.2) is 30.3 Å². The van der Waals surface area contributed by atoms with Gasteiger partial charge in [0.2, 0.25) is 0 Å². The summed E-state index contributed by atoms with van der Waals surface area (Å²) in [5, 5.41) is 19.2. The van der Waals surface area contributed by atoms with Gasteiger partial charge in [-0.25, -0.2) is 0 Å². The van der Waals surface area contributed by atoms with E-state index < -0.39 is 36.4 Å². The first-order valence-electron chi connectivity index (χ1n) is 12.8. The van der Waals surface area contributed by atoms with Gasteiger partial charge in [0.1, 0.15) is 0 Å². The number of hydrogen-bond donors (Lipinski definition) is 2. The second kappa shape index (κ2) is 14.4. The SMILES string of the molecule is C[C@H](CCCCCc1ccccc1)[C@H](O)CCC1CC(F)(F)C(=O)N1CCCCCCC(=O)O. The molecule has 7 heteroatoms. The van der Waals surface area contributed by atoms with Crippen molar-refractivity contribution >= 4 is 11.9 Å². The molecular formula is C27H41F2NO4. The highest BCUT2D eigenvalue weighted by Crippen LogP contribution is 2.36. The van der Waals surface area contributed by atoms with Gasteiger partial charge in [0.25, 0.3) is 5.91 Å². The molecule has 0 aliphatic carbocycles. The Bertz CT molecular complexity index is 743. The zero-order valence-electron chi connectivity index (χ0n) is 20.4. The zero-order valence-corrected chi connectivity index (χ0v) is 20.4. The van der Waals surface area contributed by atoms with Crippen LogP contribution in [-0.4, -0.2) is 51.6 Å². The van der Waals surface area contributed by atoms with Gasteiger partial charge in [-0.1, -0.05) is 62.9 Å². The number of carboxylic acid groups (broad SMARTS) is 1. The highest BCUT2D eigenvalue weighted by molar-refractivity contribution is 5.86. The van der Waals surface area contributed by atoms with Crippen LogP contribution in [0.1, 0.15) is 89.5 Å². The molecule has 1 aliphatic heterocycles. The van der Waals surface area contributed by atoms with E-state index in [4.69, 9.17) is 5.11 Å². The van der Waals surface area contributed by atoms with E-state index in [1.165, 1.54) is 10.5 Å². The number of halogens is 2. The molecule has 3 atom stereocenters. The van der Waals surface area contributed by atoms with Crippen LogP contribution in [0.5, 0.6) is 0 Å². The Morgan fingerprint density at radius 3 is 2.44 bits per heavy atom. The van der Waals surface area contributed by atoms with Crippen molar-refractivity contribution < 1.29 is 28.6 Å². The van der Waals surface area contributed by atoms with Crippen LogP contribution in [0.3, 0.4) is 0 Å². The number of aryl methyl sites for hydroxylation is 1. The summed E-state index contributed by atoms with van der Waals surface area (Å²) in [5.74, 6) is -5.18. The first-order chi connectivity index (χ1) is 16.2. The van der Waals surface area contributed by atoms with Gasteiger partial charge in [0, 0.05) is 25.4 Å². The zero-order chi connectivity index (χ0) is 25.0. The Morgan fingerprint density at radius 1 is 1.06 bits per heavy atom. The lowest BCUT2D eigenvalue weighted by molar-refractivity contribution is -0.148. The molecule has 1 fully saturated rings. The van der Waals surface area contributed by atoms with Crippen LogP contribution >= 0.6 is 0 Å². The maximum Gasteiger partial charge on any atom is 0.326 e. The van der Waals surface area contributed by atoms with Crippen LogP contribution < -0.4 is 0 Å². The lowest BCUT2D eigenvalue weighted by Crippen LogP contribution is -2.37. The molecule has 1 aromatic rings. The number of amides is 1. The number of aliphatic hydroxyl groups excluding tert-OH is 1. The van der Waals surface area contributed by atoms with Gasteiger partial charge in [-0.05, 0) is 56.4 Å². The predicted octanol–water partition coefficient (Wildman–Crippen LogP) is 5.84. The summed E-state index contributed by atoms with van der Waals surface area (Å²) < 4.78 is 28.2. The fourth-order valence-electron chi connectivity index (χ4n) is 4.78. The van der Waals surface area contributed by atoms with Crippen molar-refractivity contribution in [1.82, 2.24) is 4.90 Å². The average Bonchev–Trinajstić information content (AvgIpc) is 3.02. The number of unbranched alkanes of at least 4 members (excludes halogenated alkanes) is 5. The topological polar surface area (TPSA) is 77.8 Å². The summed E-state index contributed by atoms with van der Waals surface area (Å²) >= 11 is 0. The smallest absolute Gasteiger partial charge is 0.326 e. The Morgan fingerprint density at radius 2 is 1.74 bits per heavy atom. The minimum absolute atomic E-state index is 0.0945. The molecule has 0 spiro atoms. The number of rotatable bonds is 17. The summed E-state index contributed by atoms with van der Waals surface area (Å²) in [5.41, 5.74) is 1.34. The number of benzene rings is 1. The Kier molecular flexibility index (Phi) is 11.9. The quantitative estimate of drug-likeness (QED) is 0.274. The van der Waals surface area contributed by atoms with Gasteiger partial charge < -0.3 is 15.1 Å². The third-order valence-electron chi connectivity index (χ3n) is 6.97. The molecule has 1 heterocycles. The maximum atomic E-state index is 14.1. The van der Waals surface area contributed by atoms with Gasteiger partial charge >= 0.3 is 11.9 Å². The standard InChI is InChI=1S/C27H41F2NO4/c1-21(12-6-4-7-13-22-14-8-5-9-15-22)24(31)18-17-23-20-27(28,29)26(34)30(23)19-11-3-2-10-16-25(32)33/h5,8-9,14-15,21,23-24,31H,2-4,6-7,10-13,16-20H2,1H3,(H,32,33)/t21-,23?,24-/m1/s1. The van der Waals surface area contributed by atoms with Crippen LogP contribution in [0.4, 0.5) is 8.78 Å². The van der Waals surface area contributed by atoms with Crippen molar-refractivity contribution in [2.45, 2.75) is 108 Å². The molecule has 0 radical (unpaired) electrons. The number of carboxylic acids is 1. The molecule has 0 aromatic heterocycles. The number of aliphatic hydroxyl groups is 1. The van der Waals surface area contributed by atoms with Crippen LogP contribution in [0, 0.1) is 5.92 Å². The Balaban J connectivity index is 1.67. The average molecular weight is 482 g/mol. The molecule has 1 unspecified atom stereocenters. The first-order valence-corrected chi connectivity index (χ1v) is 12.8. The third kappa shape index (κ3) is 9.69. The second-order valence-corrected chi connectivity index (χ2v) is 9.83. The summed E-state index contributed by atoms with van der Waals surface area (Å²) in [6, 6.07) is 9.82. The number of carbonyl (C=O) groups excluding carboxylic acids is 1. The highest BCUT2D eigenvalue weighted by atomic mass is 19.3. The van der Waals surface area contributed by atoms with Crippen LogP contribution in [-0.2, 0) is 16.0 Å². The van der Waals surface area contributed by atoms with E-state index in [0.717, 1.165) is 32.1 Å². The van der Waals surface area contributed by atoms with E-state index in [0.29, 0.717) is 38.5 Å². The van der Waals surface area contributed by atoms with Gasteiger partial charge in [-0.2, -0.15) is 8.78 Å². The van der Waals surface area contributed by atoms with E-state index in [-0.39, 0.29) is 18.9 Å². The van der Waals surface area contributed by atoms with Crippen molar-refractivity contribution in [2.24, 2.45) is 5.92 Å². The molecular weight excluding hydrogens is 440 g/mol. The largest absolute Gasteiger partial charge is 0.481 e. The monoisotopic (exact) mass is 481 g/mol. The van der Waals surface area contributed by atoms with Crippen molar-refractivity contribution in [3.63, 3.8) is 0 Å². The third-order valence-corrected chi connectivity index (χ3v) is 6.97. The molecule has 2 rings (SSSR count). The fourth-order valence-corrected chi connectivity index (χ4v) is 4.78. The molecule has 34 heavy (non-hydrogen) atoms. The van der Waals surface area contributed by atoms with Gasteiger partial charge in [0.15, 0.2) is 0 Å². The van der Waals surface area contributed by atoms with Gasteiger partial charge in [-0.3, -0.25) is 9.59 Å². The lowest BCUT2D eigenvalue weighted by Gasteiger charge is -2.26. The molecule has 192 valence electrons. The number of nitrogens with zero attached hydrogens (tertiary/aromatic N) is 1. The van der Waals surface area contributed by atoms with Crippen molar-refractivity contribution in [2.75, 3.05) is 6.54 Å². The number of aliphatic carboxylic acids is 1. The number of likely N-dealkylation sites (tertiary alicyclic amines) is 1. The molecule has 0 bridgehead atoms. The summed E-state index contributed by atoms with van der Waals surface area (Å²) in [7, 11) is 0. The molecule has 5 nitrogen and oxygen atoms in total. The van der Waals surface area contributed by atoms with Crippen LogP contribution in [0.25, 0.3) is 0 Å². The highest BCUT2D eigenvalue weighted by Gasteiger charge is 2.52. The molecule has 1 amide bonds. The number of hydrogen-bond acceptors (Lipinski definition) is 3. The van der Waals surface area contributed by atoms with Crippen molar-refractivity contribution in [3.05, 3.63) is 35.9 Å². The summed E-state index contributed by atoms with van der Waals surface area (Å²) in [4.78, 5) is 24.0. The molecule has 0 saturated carbocycles. The first kappa shape index (κ1) is 28.2. The number of carbonyl (C=O) groups is 2. The van der Waals surface area contributed by atoms with E-state index >= 15 is 0 Å². The van der Waals surface area contributed by atoms with Crippen LogP contribution in [0.2, 0.25) is 0 Å². The maximum absolute atomic E-state index is 14.1. The van der Waals surface area contributed by atoms with Crippen molar-refractivity contribution in [3.8, 4) is 0 Å². The normalized spacial score (nSPS) is 19.4. The van der Waals surface area contributed by atoms with E-state index in [1.54, 1.807) is 0 Å². The molecule has 1 saturated heterocycles. The Hall–Kier alpha value is -2.02. The van der Waals surface area contributed by atoms with Gasteiger partial charge in [-0.15, -0.1) is 0 Å². The minimum Gasteiger partial charge on any atom is -0.481 e. The predicted molar refractivity (Wildman–Crippen MR) is 129 cm³/mol. The molecule has 1 aromatic carbocycles. The second-order valence-electron chi connectivity index (χ2n) is 9.83. The Labute approximate surface area is 202 Å². The molecule has 2 N–H and O–H groups in total. The van der Waals surface area contributed by atoms with Crippen molar-refractivity contribution in [1.29, 1.82) is 0 Å². The molecule has 1 aliphatic rings. The fraction of sp³-hybridized carbons (Fsp3) is 0.704. The summed E-state index contributed by atoms with van der Waals surface area (Å²) in [6.45, 7) is 2.27. The number of alkyl halides is 2. The summed E-state index contributed by atoms with van der Waals surface area (Å²) in [6.07, 6.45) is 7.58. The van der Waals surface area contributed by atoms with E-state index in [9.17, 15) is 23.5 Å². The lowest BCUT2D eigenvalue weighted by atomic mass is 9.92. The van der Waals surface area contributed by atoms with Gasteiger partial charge in [0.05, 0.1) is 6.10 Å². The van der Waals surface area contributed by atoms with E-state index in [1.807, 2.05) is 25.1 Å². The van der Waals surface area contributed by atoms with E-state index in [2.05, 4.69) is 12.1 Å².